The second-order valence-corrected chi connectivity index (χ2v) is 5.34. The molecule has 0 spiro atoms. The van der Waals surface area contributed by atoms with Crippen LogP contribution < -0.4 is 21.0 Å². The van der Waals surface area contributed by atoms with Crippen molar-refractivity contribution in [3.63, 3.8) is 0 Å². The smallest absolute Gasteiger partial charge is 0.300 e. The van der Waals surface area contributed by atoms with Crippen LogP contribution in [0.2, 0.25) is 0 Å². The van der Waals surface area contributed by atoms with Crippen molar-refractivity contribution in [1.29, 1.82) is 0 Å². The minimum absolute atomic E-state index is 0.133. The van der Waals surface area contributed by atoms with Gasteiger partial charge in [-0.05, 0) is 0 Å². The molecule has 25 heavy (non-hydrogen) atoms. The molecule has 0 bridgehead atoms. The van der Waals surface area contributed by atoms with Gasteiger partial charge in [0.15, 0.2) is 17.7 Å². The number of methoxy groups -OCH3 is 1. The highest BCUT2D eigenvalue weighted by Gasteiger charge is 2.47. The molecule has 1 fully saturated rings. The fourth-order valence-corrected chi connectivity index (χ4v) is 2.48. The van der Waals surface area contributed by atoms with Gasteiger partial charge in [0.05, 0.1) is 19.0 Å². The molecule has 1 aromatic heterocycles. The van der Waals surface area contributed by atoms with Crippen LogP contribution in [0.25, 0.3) is 0 Å². The third kappa shape index (κ3) is 3.14. The summed E-state index contributed by atoms with van der Waals surface area (Å²) in [7, 11) is 2.56. The summed E-state index contributed by atoms with van der Waals surface area (Å²) in [5, 5.41) is 41.9. The van der Waals surface area contributed by atoms with E-state index in [-0.39, 0.29) is 6.01 Å². The fourth-order valence-electron chi connectivity index (χ4n) is 2.48. The fraction of sp³-hybridized carbons (Fsp3) is 0.667. The molecule has 0 aliphatic carbocycles. The Kier molecular flexibility index (Phi) is 5.54. The highest BCUT2D eigenvalue weighted by atomic mass is 16.6. The number of nitrogens with two attached hydrogens (primary N) is 1. The van der Waals surface area contributed by atoms with E-state index in [2.05, 4.69) is 10.3 Å². The second-order valence-electron chi connectivity index (χ2n) is 5.34. The number of anilines is 2. The number of hydrogen-bond donors (Lipinski definition) is 5. The van der Waals surface area contributed by atoms with Crippen LogP contribution in [0.4, 0.5) is 11.5 Å². The molecule has 1 aliphatic rings. The molecule has 140 valence electrons. The molecule has 2 heterocycles. The van der Waals surface area contributed by atoms with Gasteiger partial charge in [0.2, 0.25) is 0 Å². The number of hydrogen-bond acceptors (Lipinski definition) is 11. The van der Waals surface area contributed by atoms with Gasteiger partial charge in [0.1, 0.15) is 24.4 Å². The first kappa shape index (κ1) is 19.0. The zero-order valence-corrected chi connectivity index (χ0v) is 13.4. The van der Waals surface area contributed by atoms with E-state index in [1.165, 1.54) is 14.2 Å². The van der Waals surface area contributed by atoms with Crippen molar-refractivity contribution < 1.29 is 29.9 Å². The molecule has 0 amide bonds. The number of aromatic nitrogens is 2. The number of nitrogens with zero attached hydrogens (tertiary/aromatic N) is 4. The van der Waals surface area contributed by atoms with Crippen molar-refractivity contribution in [3.8, 4) is 6.01 Å². The van der Waals surface area contributed by atoms with E-state index in [9.17, 15) is 30.1 Å². The minimum Gasteiger partial charge on any atom is -0.468 e. The quantitative estimate of drug-likeness (QED) is 0.260. The predicted octanol–water partition coefficient (Wildman–Crippen LogP) is -3.34. The van der Waals surface area contributed by atoms with Crippen molar-refractivity contribution >= 4 is 11.5 Å². The molecule has 1 saturated heterocycles. The van der Waals surface area contributed by atoms with Gasteiger partial charge in [0, 0.05) is 7.05 Å². The lowest BCUT2D eigenvalue weighted by Gasteiger charge is -2.42. The number of ether oxygens (including phenoxy) is 2. The largest absolute Gasteiger partial charge is 0.468 e. The van der Waals surface area contributed by atoms with Crippen LogP contribution >= 0.6 is 0 Å². The number of rotatable bonds is 5. The van der Waals surface area contributed by atoms with Gasteiger partial charge < -0.3 is 35.6 Å². The van der Waals surface area contributed by atoms with Crippen LogP contribution in [-0.4, -0.2) is 74.3 Å². The second kappa shape index (κ2) is 7.28. The highest BCUT2D eigenvalue weighted by Crippen LogP contribution is 2.29. The predicted molar refractivity (Wildman–Crippen MR) is 82.5 cm³/mol. The molecular weight excluding hydrogens is 342 g/mol. The molecule has 1 aromatic rings. The normalized spacial score (nSPS) is 29.3. The Morgan fingerprint density at radius 3 is 2.52 bits per heavy atom. The van der Waals surface area contributed by atoms with Gasteiger partial charge in [-0.25, -0.2) is 0 Å². The summed E-state index contributed by atoms with van der Waals surface area (Å²) in [6.45, 7) is -0.720. The molecule has 6 N–H and O–H groups in total. The van der Waals surface area contributed by atoms with Crippen LogP contribution in [-0.2, 0) is 11.8 Å². The monoisotopic (exact) mass is 361 g/mol. The first-order chi connectivity index (χ1) is 11.8. The maximum Gasteiger partial charge on any atom is 0.300 e. The van der Waals surface area contributed by atoms with Crippen molar-refractivity contribution in [2.24, 2.45) is 12.3 Å². The van der Waals surface area contributed by atoms with E-state index in [0.29, 0.717) is 5.01 Å². The first-order valence-electron chi connectivity index (χ1n) is 7.12. The molecule has 13 heteroatoms. The summed E-state index contributed by atoms with van der Waals surface area (Å²) in [6.07, 6.45) is -8.24. The highest BCUT2D eigenvalue weighted by molar-refractivity contribution is 5.62. The number of nitrogen functional groups attached to an aromatic ring is 1. The standard InChI is InChI=1S/C12H19N5O8/c1-16-10(22)5(9(13)14-12(16)24-2)17(15-23)11-8(21)7(20)6(19)4(3-18)25-11/h4,6-8,11,18-21H,3,13H2,1-2H3/t4-,6-,7+,8-,11?/m1/s1. The Morgan fingerprint density at radius 1 is 1.36 bits per heavy atom. The van der Waals surface area contributed by atoms with Crippen molar-refractivity contribution in [1.82, 2.24) is 9.55 Å². The van der Waals surface area contributed by atoms with Gasteiger partial charge in [0.25, 0.3) is 5.56 Å². The summed E-state index contributed by atoms with van der Waals surface area (Å²) < 4.78 is 11.0. The Balaban J connectivity index is 2.52. The van der Waals surface area contributed by atoms with Crippen molar-refractivity contribution in [2.45, 2.75) is 30.6 Å². The number of aliphatic hydroxyl groups is 4. The Morgan fingerprint density at radius 2 is 2.00 bits per heavy atom. The minimum atomic E-state index is -1.83. The van der Waals surface area contributed by atoms with Crippen LogP contribution in [0.15, 0.2) is 10.1 Å². The van der Waals surface area contributed by atoms with Crippen LogP contribution in [0, 0.1) is 4.91 Å². The molecule has 1 unspecified atom stereocenters. The maximum atomic E-state index is 12.4. The number of nitroso groups, excluding NO2 is 1. The van der Waals surface area contributed by atoms with Gasteiger partial charge in [-0.2, -0.15) is 9.99 Å². The molecule has 2 rings (SSSR count). The molecule has 0 saturated carbocycles. The molecule has 0 aromatic carbocycles. The van der Waals surface area contributed by atoms with Crippen LogP contribution in [0.5, 0.6) is 6.01 Å². The summed E-state index contributed by atoms with van der Waals surface area (Å²) in [4.78, 5) is 27.6. The van der Waals surface area contributed by atoms with E-state index < -0.39 is 54.3 Å². The van der Waals surface area contributed by atoms with E-state index in [4.69, 9.17) is 15.2 Å². The zero-order chi connectivity index (χ0) is 18.9. The Hall–Kier alpha value is -2.32. The molecular formula is C12H19N5O8. The third-order valence-electron chi connectivity index (χ3n) is 3.86. The molecule has 13 nitrogen and oxygen atoms in total. The first-order valence-corrected chi connectivity index (χ1v) is 7.12. The average Bonchev–Trinajstić information content (AvgIpc) is 2.60. The van der Waals surface area contributed by atoms with Gasteiger partial charge in [-0.1, -0.05) is 0 Å². The molecule has 0 radical (unpaired) electrons. The average molecular weight is 361 g/mol. The van der Waals surface area contributed by atoms with Gasteiger partial charge >= 0.3 is 6.01 Å². The lowest BCUT2D eigenvalue weighted by molar-refractivity contribution is -0.228. The van der Waals surface area contributed by atoms with E-state index in [1.807, 2.05) is 0 Å². The zero-order valence-electron chi connectivity index (χ0n) is 13.4. The van der Waals surface area contributed by atoms with E-state index in [1.54, 1.807) is 0 Å². The van der Waals surface area contributed by atoms with Crippen LogP contribution in [0.3, 0.4) is 0 Å². The number of aliphatic hydroxyl groups excluding tert-OH is 4. The molecule has 5 atom stereocenters. The summed E-state index contributed by atoms with van der Waals surface area (Å²) in [6, 6.07) is -0.133. The Labute approximate surface area is 140 Å². The van der Waals surface area contributed by atoms with Gasteiger partial charge in [-0.15, -0.1) is 4.91 Å². The van der Waals surface area contributed by atoms with Crippen LogP contribution in [0.1, 0.15) is 0 Å². The van der Waals surface area contributed by atoms with E-state index in [0.717, 1.165) is 4.57 Å². The summed E-state index contributed by atoms with van der Waals surface area (Å²) in [5.74, 6) is -0.434. The van der Waals surface area contributed by atoms with Crippen molar-refractivity contribution in [3.05, 3.63) is 15.3 Å². The van der Waals surface area contributed by atoms with Gasteiger partial charge in [-0.3, -0.25) is 9.36 Å². The lowest BCUT2D eigenvalue weighted by atomic mass is 9.98. The van der Waals surface area contributed by atoms with E-state index >= 15 is 0 Å². The summed E-state index contributed by atoms with van der Waals surface area (Å²) in [5.41, 5.74) is 4.32. The summed E-state index contributed by atoms with van der Waals surface area (Å²) >= 11 is 0. The van der Waals surface area contributed by atoms with Crippen molar-refractivity contribution in [2.75, 3.05) is 24.5 Å². The Bertz CT molecular complexity index is 695. The molecule has 1 aliphatic heterocycles. The lowest BCUT2D eigenvalue weighted by Crippen LogP contribution is -2.63. The third-order valence-corrected chi connectivity index (χ3v) is 3.86. The SMILES string of the molecule is COc1nc(N)c(N(N=O)C2O[C@H](CO)[C@@H](O)[C@H](O)[C@H]2O)c(=O)n1C. The maximum absolute atomic E-state index is 12.4. The topological polar surface area (TPSA) is 193 Å².